The van der Waals surface area contributed by atoms with Crippen LogP contribution in [0.15, 0.2) is 42.6 Å². The molecule has 1 amide bonds. The molecule has 1 aliphatic rings. The third-order valence-corrected chi connectivity index (χ3v) is 6.88. The summed E-state index contributed by atoms with van der Waals surface area (Å²) >= 11 is 0. The van der Waals surface area contributed by atoms with E-state index >= 15 is 0 Å². The van der Waals surface area contributed by atoms with Crippen LogP contribution in [0.2, 0.25) is 0 Å². The maximum Gasteiger partial charge on any atom is 0.241 e. The quantitative estimate of drug-likeness (QED) is 0.741. The van der Waals surface area contributed by atoms with Crippen molar-refractivity contribution in [1.29, 1.82) is 0 Å². The van der Waals surface area contributed by atoms with Crippen molar-refractivity contribution in [3.63, 3.8) is 0 Å². The van der Waals surface area contributed by atoms with E-state index in [9.17, 15) is 13.2 Å². The Kier molecular flexibility index (Phi) is 7.02. The van der Waals surface area contributed by atoms with Gasteiger partial charge in [0.05, 0.1) is 11.4 Å². The smallest absolute Gasteiger partial charge is 0.241 e. The second-order valence-electron chi connectivity index (χ2n) is 6.61. The fraction of sp³-hybridized carbons (Fsp3) is 0.444. The van der Waals surface area contributed by atoms with E-state index in [1.807, 2.05) is 42.6 Å². The highest BCUT2D eigenvalue weighted by Gasteiger charge is 2.48. The molecule has 1 aliphatic heterocycles. The Morgan fingerprint density at radius 2 is 1.89 bits per heavy atom. The number of piperidine rings is 1. The number of aromatic nitrogens is 2. The number of halogens is 1. The molecule has 1 aromatic heterocycles. The maximum atomic E-state index is 12.6. The fourth-order valence-corrected chi connectivity index (χ4v) is 4.64. The van der Waals surface area contributed by atoms with E-state index in [4.69, 9.17) is 0 Å². The summed E-state index contributed by atoms with van der Waals surface area (Å²) in [6.45, 7) is 1.42. The maximum absolute atomic E-state index is 12.6. The van der Waals surface area contributed by atoms with Crippen molar-refractivity contribution >= 4 is 28.2 Å². The summed E-state index contributed by atoms with van der Waals surface area (Å²) in [5, 5.41) is 10.4. The normalized spacial score (nSPS) is 16.3. The van der Waals surface area contributed by atoms with E-state index in [2.05, 4.69) is 15.7 Å². The highest BCUT2D eigenvalue weighted by atomic mass is 35.5. The number of rotatable bonds is 6. The number of carbonyl (C=O) groups is 1. The molecule has 0 radical (unpaired) electrons. The van der Waals surface area contributed by atoms with Crippen LogP contribution in [-0.2, 0) is 21.1 Å². The molecule has 3 rings (SSSR count). The monoisotopic (exact) mass is 412 g/mol. The van der Waals surface area contributed by atoms with Gasteiger partial charge in [0.25, 0.3) is 0 Å². The minimum Gasteiger partial charge on any atom is -0.354 e. The Morgan fingerprint density at radius 1 is 1.22 bits per heavy atom. The first-order valence-corrected chi connectivity index (χ1v) is 10.6. The number of hydrogen-bond donors (Lipinski definition) is 2. The average Bonchev–Trinajstić information content (AvgIpc) is 3.11. The summed E-state index contributed by atoms with van der Waals surface area (Å²) in [5.74, 6) is -0.399. The Labute approximate surface area is 165 Å². The molecule has 9 heteroatoms. The van der Waals surface area contributed by atoms with Crippen molar-refractivity contribution in [1.82, 2.24) is 20.4 Å². The molecule has 1 fully saturated rings. The number of amides is 1. The molecule has 1 aromatic carbocycles. The van der Waals surface area contributed by atoms with Crippen LogP contribution < -0.4 is 10.6 Å². The second kappa shape index (κ2) is 8.86. The molecule has 0 aliphatic carbocycles. The van der Waals surface area contributed by atoms with Crippen LogP contribution in [0.25, 0.3) is 5.69 Å². The van der Waals surface area contributed by atoms with Crippen LogP contribution in [-0.4, -0.2) is 54.7 Å². The van der Waals surface area contributed by atoms with Crippen LogP contribution >= 0.6 is 12.4 Å². The summed E-state index contributed by atoms with van der Waals surface area (Å²) in [6, 6.07) is 11.7. The highest BCUT2D eigenvalue weighted by molar-refractivity contribution is 7.92. The van der Waals surface area contributed by atoms with Crippen LogP contribution in [0.5, 0.6) is 0 Å². The SMILES string of the molecule is CS(=O)(=O)C1(C(=O)NCCc2ccn(-c3ccccc3)n2)CCNCC1.Cl. The van der Waals surface area contributed by atoms with Gasteiger partial charge in [0.1, 0.15) is 0 Å². The first-order chi connectivity index (χ1) is 12.4. The van der Waals surface area contributed by atoms with Crippen molar-refractivity contribution in [3.8, 4) is 5.69 Å². The van der Waals surface area contributed by atoms with Gasteiger partial charge in [0.15, 0.2) is 14.6 Å². The van der Waals surface area contributed by atoms with Gasteiger partial charge in [-0.25, -0.2) is 13.1 Å². The van der Waals surface area contributed by atoms with E-state index in [-0.39, 0.29) is 12.4 Å². The standard InChI is InChI=1S/C18H24N4O3S.ClH/c1-26(24,25)18(9-12-19-13-10-18)17(23)20-11-7-15-8-14-22(21-15)16-5-3-2-4-6-16;/h2-6,8,14,19H,7,9-13H2,1H3,(H,20,23);1H. The number of para-hydroxylation sites is 1. The first-order valence-electron chi connectivity index (χ1n) is 8.71. The lowest BCUT2D eigenvalue weighted by Gasteiger charge is -2.34. The molecule has 148 valence electrons. The van der Waals surface area contributed by atoms with E-state index in [1.165, 1.54) is 0 Å². The molecule has 0 spiro atoms. The van der Waals surface area contributed by atoms with Crippen LogP contribution in [0, 0.1) is 0 Å². The summed E-state index contributed by atoms with van der Waals surface area (Å²) in [6.07, 6.45) is 4.18. The molecular weight excluding hydrogens is 388 g/mol. The molecule has 27 heavy (non-hydrogen) atoms. The predicted molar refractivity (Wildman–Crippen MR) is 107 cm³/mol. The van der Waals surface area contributed by atoms with E-state index in [0.29, 0.717) is 38.9 Å². The van der Waals surface area contributed by atoms with E-state index in [1.54, 1.807) is 4.68 Å². The Morgan fingerprint density at radius 3 is 2.52 bits per heavy atom. The third kappa shape index (κ3) is 4.69. The molecule has 0 atom stereocenters. The molecule has 2 aromatic rings. The number of nitrogens with one attached hydrogen (secondary N) is 2. The highest BCUT2D eigenvalue weighted by Crippen LogP contribution is 2.27. The lowest BCUT2D eigenvalue weighted by atomic mass is 9.96. The zero-order valence-corrected chi connectivity index (χ0v) is 16.9. The summed E-state index contributed by atoms with van der Waals surface area (Å²) in [5.41, 5.74) is 1.81. The van der Waals surface area contributed by atoms with Gasteiger partial charge in [-0.05, 0) is 44.1 Å². The molecule has 0 bridgehead atoms. The minimum atomic E-state index is -3.49. The first kappa shape index (κ1) is 21.4. The Bertz CT molecular complexity index is 862. The molecule has 2 heterocycles. The van der Waals surface area contributed by atoms with Crippen molar-refractivity contribution in [2.45, 2.75) is 24.0 Å². The Hall–Kier alpha value is -1.90. The molecule has 0 unspecified atom stereocenters. The summed E-state index contributed by atoms with van der Waals surface area (Å²) in [4.78, 5) is 12.6. The lowest BCUT2D eigenvalue weighted by molar-refractivity contribution is -0.124. The van der Waals surface area contributed by atoms with Crippen molar-refractivity contribution in [3.05, 3.63) is 48.3 Å². The Balaban J connectivity index is 0.00000261. The molecule has 1 saturated heterocycles. The van der Waals surface area contributed by atoms with Gasteiger partial charge < -0.3 is 10.6 Å². The molecular formula is C18H25ClN4O3S. The number of carbonyl (C=O) groups excluding carboxylic acids is 1. The lowest BCUT2D eigenvalue weighted by Crippen LogP contribution is -2.57. The van der Waals surface area contributed by atoms with Gasteiger partial charge in [-0.3, -0.25) is 4.79 Å². The van der Waals surface area contributed by atoms with Gasteiger partial charge in [0.2, 0.25) is 5.91 Å². The molecule has 2 N–H and O–H groups in total. The molecule has 0 saturated carbocycles. The van der Waals surface area contributed by atoms with Gasteiger partial charge in [-0.1, -0.05) is 18.2 Å². The third-order valence-electron chi connectivity index (χ3n) is 4.87. The van der Waals surface area contributed by atoms with Crippen molar-refractivity contribution in [2.24, 2.45) is 0 Å². The van der Waals surface area contributed by atoms with Crippen LogP contribution in [0.1, 0.15) is 18.5 Å². The van der Waals surface area contributed by atoms with E-state index < -0.39 is 20.5 Å². The largest absolute Gasteiger partial charge is 0.354 e. The molecule has 7 nitrogen and oxygen atoms in total. The van der Waals surface area contributed by atoms with Gasteiger partial charge in [0, 0.05) is 25.4 Å². The zero-order valence-electron chi connectivity index (χ0n) is 15.2. The van der Waals surface area contributed by atoms with Gasteiger partial charge in [-0.15, -0.1) is 12.4 Å². The van der Waals surface area contributed by atoms with Crippen molar-refractivity contribution in [2.75, 3.05) is 25.9 Å². The number of sulfone groups is 1. The topological polar surface area (TPSA) is 93.1 Å². The van der Waals surface area contributed by atoms with Crippen LogP contribution in [0.4, 0.5) is 0 Å². The van der Waals surface area contributed by atoms with Crippen LogP contribution in [0.3, 0.4) is 0 Å². The van der Waals surface area contributed by atoms with Gasteiger partial charge >= 0.3 is 0 Å². The number of nitrogens with zero attached hydrogens (tertiary/aromatic N) is 2. The second-order valence-corrected chi connectivity index (χ2v) is 8.94. The predicted octanol–water partition coefficient (Wildman–Crippen LogP) is 1.12. The minimum absolute atomic E-state index is 0. The average molecular weight is 413 g/mol. The number of benzene rings is 1. The zero-order chi connectivity index (χ0) is 18.6. The van der Waals surface area contributed by atoms with Crippen molar-refractivity contribution < 1.29 is 13.2 Å². The summed E-state index contributed by atoms with van der Waals surface area (Å²) < 4.78 is 24.9. The number of hydrogen-bond acceptors (Lipinski definition) is 5. The fourth-order valence-electron chi connectivity index (χ4n) is 3.28. The van der Waals surface area contributed by atoms with E-state index in [0.717, 1.165) is 17.6 Å². The van der Waals surface area contributed by atoms with Gasteiger partial charge in [-0.2, -0.15) is 5.10 Å². The summed E-state index contributed by atoms with van der Waals surface area (Å²) in [7, 11) is -3.49.